The second-order valence-corrected chi connectivity index (χ2v) is 5.78. The largest absolute Gasteiger partial charge is 0.362 e. The Morgan fingerprint density at radius 2 is 1.88 bits per heavy atom. The third-order valence-electron chi connectivity index (χ3n) is 3.65. The van der Waals surface area contributed by atoms with Crippen LogP contribution in [0.4, 0.5) is 5.69 Å². The Bertz CT molecular complexity index is 758. The van der Waals surface area contributed by atoms with Crippen LogP contribution in [0.2, 0.25) is 5.02 Å². The van der Waals surface area contributed by atoms with Crippen LogP contribution in [0.15, 0.2) is 73.2 Å². The Labute approximate surface area is 145 Å². The second kappa shape index (κ2) is 7.29. The van der Waals surface area contributed by atoms with E-state index in [4.69, 9.17) is 11.6 Å². The third kappa shape index (κ3) is 3.82. The summed E-state index contributed by atoms with van der Waals surface area (Å²) in [6.45, 7) is 0.516. The van der Waals surface area contributed by atoms with E-state index in [1.165, 1.54) is 0 Å². The molecule has 0 radical (unpaired) electrons. The van der Waals surface area contributed by atoms with Gasteiger partial charge in [0, 0.05) is 29.6 Å². The monoisotopic (exact) mass is 340 g/mol. The lowest BCUT2D eigenvalue weighted by Gasteiger charge is -2.32. The fourth-order valence-electron chi connectivity index (χ4n) is 2.32. The first kappa shape index (κ1) is 16.2. The number of nitrogens with zero attached hydrogens (tertiary/aromatic N) is 1. The van der Waals surface area contributed by atoms with Crippen LogP contribution in [0.3, 0.4) is 0 Å². The number of halogens is 1. The molecule has 24 heavy (non-hydrogen) atoms. The predicted molar refractivity (Wildman–Crippen MR) is 95.3 cm³/mol. The highest BCUT2D eigenvalue weighted by molar-refractivity contribution is 6.30. The minimum Gasteiger partial charge on any atom is -0.362 e. The number of allylic oxidation sites excluding steroid dienone is 2. The molecule has 1 aromatic heterocycles. The van der Waals surface area contributed by atoms with Gasteiger partial charge < -0.3 is 10.6 Å². The number of rotatable bonds is 5. The number of anilines is 1. The summed E-state index contributed by atoms with van der Waals surface area (Å²) >= 11 is 5.88. The van der Waals surface area contributed by atoms with E-state index in [0.717, 1.165) is 5.56 Å². The van der Waals surface area contributed by atoms with Gasteiger partial charge in [-0.25, -0.2) is 0 Å². The van der Waals surface area contributed by atoms with Gasteiger partial charge in [-0.2, -0.15) is 0 Å². The molecule has 122 valence electrons. The van der Waals surface area contributed by atoms with Gasteiger partial charge in [-0.15, -0.1) is 0 Å². The van der Waals surface area contributed by atoms with Gasteiger partial charge in [0.2, 0.25) is 0 Å². The molecule has 2 heterocycles. The quantitative estimate of drug-likeness (QED) is 0.783. The number of pyridine rings is 1. The Hall–Kier alpha value is -2.63. The van der Waals surface area contributed by atoms with Crippen molar-refractivity contribution in [1.29, 1.82) is 0 Å². The van der Waals surface area contributed by atoms with Crippen molar-refractivity contribution in [3.8, 4) is 0 Å². The van der Waals surface area contributed by atoms with Crippen molar-refractivity contribution < 1.29 is 4.79 Å². The zero-order valence-corrected chi connectivity index (χ0v) is 13.6. The molecule has 0 aliphatic carbocycles. The SMILES string of the molecule is O=C(Nc1ccc(Cl)cc1)C1(NCc2ccncc2)C=CC=CN1. The van der Waals surface area contributed by atoms with E-state index in [-0.39, 0.29) is 5.91 Å². The lowest BCUT2D eigenvalue weighted by molar-refractivity contribution is -0.121. The van der Waals surface area contributed by atoms with Crippen LogP contribution in [0.5, 0.6) is 0 Å². The van der Waals surface area contributed by atoms with Gasteiger partial charge >= 0.3 is 0 Å². The molecule has 2 aromatic rings. The average Bonchev–Trinajstić information content (AvgIpc) is 2.63. The van der Waals surface area contributed by atoms with Crippen molar-refractivity contribution in [2.75, 3.05) is 5.32 Å². The second-order valence-electron chi connectivity index (χ2n) is 5.34. The molecule has 0 saturated carbocycles. The Morgan fingerprint density at radius 3 is 2.54 bits per heavy atom. The summed E-state index contributed by atoms with van der Waals surface area (Å²) < 4.78 is 0. The number of amides is 1. The highest BCUT2D eigenvalue weighted by atomic mass is 35.5. The minimum atomic E-state index is -1.03. The topological polar surface area (TPSA) is 66.0 Å². The summed E-state index contributed by atoms with van der Waals surface area (Å²) in [5.41, 5.74) is 0.685. The summed E-state index contributed by atoms with van der Waals surface area (Å²) in [6, 6.07) is 10.8. The molecule has 6 heteroatoms. The van der Waals surface area contributed by atoms with Gasteiger partial charge in [0.05, 0.1) is 0 Å². The van der Waals surface area contributed by atoms with Crippen LogP contribution < -0.4 is 16.0 Å². The molecular formula is C18H17ClN4O. The molecular weight excluding hydrogens is 324 g/mol. The highest BCUT2D eigenvalue weighted by Gasteiger charge is 2.35. The molecule has 3 N–H and O–H groups in total. The molecule has 1 aliphatic heterocycles. The molecule has 0 spiro atoms. The van der Waals surface area contributed by atoms with Crippen molar-refractivity contribution >= 4 is 23.2 Å². The van der Waals surface area contributed by atoms with Crippen LogP contribution >= 0.6 is 11.6 Å². The summed E-state index contributed by atoms with van der Waals surface area (Å²) in [4.78, 5) is 16.8. The van der Waals surface area contributed by atoms with E-state index in [1.54, 1.807) is 48.9 Å². The molecule has 1 atom stereocenters. The first-order valence-corrected chi connectivity index (χ1v) is 7.89. The van der Waals surface area contributed by atoms with Crippen LogP contribution in [-0.2, 0) is 11.3 Å². The van der Waals surface area contributed by atoms with Crippen molar-refractivity contribution in [3.63, 3.8) is 0 Å². The normalized spacial score (nSPS) is 18.9. The first-order valence-electron chi connectivity index (χ1n) is 7.51. The fourth-order valence-corrected chi connectivity index (χ4v) is 2.45. The summed E-state index contributed by atoms with van der Waals surface area (Å²) in [6.07, 6.45) is 10.6. The Balaban J connectivity index is 1.75. The van der Waals surface area contributed by atoms with Crippen LogP contribution in [-0.4, -0.2) is 16.6 Å². The zero-order valence-electron chi connectivity index (χ0n) is 12.9. The Morgan fingerprint density at radius 1 is 1.12 bits per heavy atom. The van der Waals surface area contributed by atoms with E-state index in [0.29, 0.717) is 17.3 Å². The van der Waals surface area contributed by atoms with Crippen LogP contribution in [0, 0.1) is 0 Å². The molecule has 5 nitrogen and oxygen atoms in total. The van der Waals surface area contributed by atoms with Gasteiger partial charge in [-0.05, 0) is 60.3 Å². The number of benzene rings is 1. The van der Waals surface area contributed by atoms with Gasteiger partial charge in [-0.1, -0.05) is 17.7 Å². The maximum Gasteiger partial charge on any atom is 0.269 e. The van der Waals surface area contributed by atoms with Crippen LogP contribution in [0.25, 0.3) is 0 Å². The van der Waals surface area contributed by atoms with Crippen molar-refractivity contribution in [3.05, 3.63) is 83.8 Å². The number of dihydropyridines is 1. The number of aromatic nitrogens is 1. The summed E-state index contributed by atoms with van der Waals surface area (Å²) in [5, 5.41) is 9.89. The molecule has 3 rings (SSSR count). The summed E-state index contributed by atoms with van der Waals surface area (Å²) in [5.74, 6) is -0.209. The standard InChI is InChI=1S/C18H17ClN4O/c19-15-3-5-16(6-4-15)23-17(24)18(9-1-2-10-21-18)22-13-14-7-11-20-12-8-14/h1-12,21-22H,13H2,(H,23,24). The van der Waals surface area contributed by atoms with E-state index in [9.17, 15) is 4.79 Å². The van der Waals surface area contributed by atoms with E-state index < -0.39 is 5.66 Å². The molecule has 0 bridgehead atoms. The van der Waals surface area contributed by atoms with E-state index in [1.807, 2.05) is 24.3 Å². The van der Waals surface area contributed by atoms with E-state index in [2.05, 4.69) is 20.9 Å². The number of carbonyl (C=O) groups is 1. The van der Waals surface area contributed by atoms with Crippen molar-refractivity contribution in [2.24, 2.45) is 0 Å². The maximum absolute atomic E-state index is 12.8. The van der Waals surface area contributed by atoms with Gasteiger partial charge in [0.15, 0.2) is 5.66 Å². The average molecular weight is 341 g/mol. The van der Waals surface area contributed by atoms with Crippen molar-refractivity contribution in [1.82, 2.24) is 15.6 Å². The van der Waals surface area contributed by atoms with Gasteiger partial charge in [0.1, 0.15) is 0 Å². The molecule has 1 amide bonds. The van der Waals surface area contributed by atoms with Gasteiger partial charge in [-0.3, -0.25) is 15.1 Å². The number of nitrogens with one attached hydrogen (secondary N) is 3. The molecule has 1 aromatic carbocycles. The number of hydrogen-bond donors (Lipinski definition) is 3. The predicted octanol–water partition coefficient (Wildman–Crippen LogP) is 2.83. The summed E-state index contributed by atoms with van der Waals surface area (Å²) in [7, 11) is 0. The first-order chi connectivity index (χ1) is 11.7. The molecule has 0 saturated heterocycles. The number of hydrogen-bond acceptors (Lipinski definition) is 4. The van der Waals surface area contributed by atoms with Crippen LogP contribution in [0.1, 0.15) is 5.56 Å². The lowest BCUT2D eigenvalue weighted by atomic mass is 10.1. The number of carbonyl (C=O) groups excluding carboxylic acids is 1. The van der Waals surface area contributed by atoms with E-state index >= 15 is 0 Å². The van der Waals surface area contributed by atoms with Crippen molar-refractivity contribution in [2.45, 2.75) is 12.2 Å². The zero-order chi connectivity index (χ0) is 16.8. The maximum atomic E-state index is 12.8. The lowest BCUT2D eigenvalue weighted by Crippen LogP contribution is -2.61. The van der Waals surface area contributed by atoms with Gasteiger partial charge in [0.25, 0.3) is 5.91 Å². The highest BCUT2D eigenvalue weighted by Crippen LogP contribution is 2.17. The minimum absolute atomic E-state index is 0.209. The molecule has 1 unspecified atom stereocenters. The smallest absolute Gasteiger partial charge is 0.269 e. The fraction of sp³-hybridized carbons (Fsp3) is 0.111. The Kier molecular flexibility index (Phi) is 4.93. The molecule has 0 fully saturated rings. The third-order valence-corrected chi connectivity index (χ3v) is 3.90. The molecule has 1 aliphatic rings.